The Balaban J connectivity index is 2.45. The average molecular weight is 171 g/mol. The van der Waals surface area contributed by atoms with E-state index in [1.807, 2.05) is 6.92 Å². The van der Waals surface area contributed by atoms with E-state index in [4.69, 9.17) is 0 Å². The lowest BCUT2D eigenvalue weighted by atomic mass is 10.5. The summed E-state index contributed by atoms with van der Waals surface area (Å²) >= 11 is 1.35. The molecule has 0 radical (unpaired) electrons. The molecule has 0 fully saturated rings. The van der Waals surface area contributed by atoms with Crippen LogP contribution in [0.25, 0.3) is 0 Å². The number of hydrogen-bond acceptors (Lipinski definition) is 4. The average Bonchev–Trinajstić information content (AvgIpc) is 2.31. The third kappa shape index (κ3) is 2.71. The fraction of sp³-hybridized carbons (Fsp3) is 0.500. The van der Waals surface area contributed by atoms with Gasteiger partial charge in [-0.2, -0.15) is 0 Å². The van der Waals surface area contributed by atoms with E-state index in [2.05, 4.69) is 15.2 Å². The highest BCUT2D eigenvalue weighted by atomic mass is 32.2. The highest BCUT2D eigenvalue weighted by Crippen LogP contribution is 2.10. The minimum Gasteiger partial charge on any atom is -0.299 e. The lowest BCUT2D eigenvalue weighted by molar-refractivity contribution is -0.114. The van der Waals surface area contributed by atoms with Gasteiger partial charge in [0.25, 0.3) is 0 Å². The lowest BCUT2D eigenvalue weighted by Gasteiger charge is -1.88. The second-order valence-electron chi connectivity index (χ2n) is 2.19. The zero-order chi connectivity index (χ0) is 8.27. The number of aromatic amines is 1. The van der Waals surface area contributed by atoms with Crippen LogP contribution in [0.2, 0.25) is 0 Å². The van der Waals surface area contributed by atoms with Gasteiger partial charge in [-0.3, -0.25) is 9.89 Å². The highest BCUT2D eigenvalue weighted by molar-refractivity contribution is 7.99. The summed E-state index contributed by atoms with van der Waals surface area (Å²) in [6.07, 6.45) is 0. The fourth-order valence-corrected chi connectivity index (χ4v) is 1.20. The number of carbonyl (C=O) groups is 1. The number of H-pyrrole nitrogens is 1. The molecule has 1 aromatic rings. The van der Waals surface area contributed by atoms with Gasteiger partial charge in [-0.15, -0.1) is 5.10 Å². The third-order valence-corrected chi connectivity index (χ3v) is 1.97. The molecule has 0 amide bonds. The molecule has 11 heavy (non-hydrogen) atoms. The van der Waals surface area contributed by atoms with Crippen molar-refractivity contribution in [2.75, 3.05) is 5.75 Å². The van der Waals surface area contributed by atoms with Crippen LogP contribution in [0.5, 0.6) is 0 Å². The first-order chi connectivity index (χ1) is 5.18. The molecular weight excluding hydrogens is 162 g/mol. The van der Waals surface area contributed by atoms with Crippen LogP contribution in [-0.2, 0) is 4.79 Å². The summed E-state index contributed by atoms with van der Waals surface area (Å²) in [5.74, 6) is 1.35. The van der Waals surface area contributed by atoms with Crippen LogP contribution in [0.1, 0.15) is 12.7 Å². The Morgan fingerprint density at radius 2 is 2.45 bits per heavy atom. The quantitative estimate of drug-likeness (QED) is 0.683. The molecule has 1 aromatic heterocycles. The van der Waals surface area contributed by atoms with Gasteiger partial charge in [0.1, 0.15) is 11.6 Å². The molecule has 0 atom stereocenters. The van der Waals surface area contributed by atoms with Gasteiger partial charge in [-0.1, -0.05) is 11.8 Å². The number of rotatable bonds is 3. The molecule has 0 aliphatic carbocycles. The number of hydrogen-bond donors (Lipinski definition) is 1. The molecule has 1 N–H and O–H groups in total. The largest absolute Gasteiger partial charge is 0.299 e. The van der Waals surface area contributed by atoms with Crippen LogP contribution in [0.15, 0.2) is 5.16 Å². The number of aryl methyl sites for hydroxylation is 1. The molecule has 1 rings (SSSR count). The van der Waals surface area contributed by atoms with E-state index >= 15 is 0 Å². The third-order valence-electron chi connectivity index (χ3n) is 0.981. The normalized spacial score (nSPS) is 10.0. The first kappa shape index (κ1) is 8.26. The molecular formula is C6H9N3OS. The molecule has 0 aliphatic rings. The van der Waals surface area contributed by atoms with Gasteiger partial charge in [-0.05, 0) is 13.8 Å². The van der Waals surface area contributed by atoms with Crippen molar-refractivity contribution >= 4 is 17.5 Å². The molecule has 1 heterocycles. The first-order valence-corrected chi connectivity index (χ1v) is 4.18. The summed E-state index contributed by atoms with van der Waals surface area (Å²) in [5.41, 5.74) is 0. The number of thioether (sulfide) groups is 1. The molecule has 0 bridgehead atoms. The van der Waals surface area contributed by atoms with Crippen LogP contribution in [-0.4, -0.2) is 26.7 Å². The van der Waals surface area contributed by atoms with Gasteiger partial charge in [0.15, 0.2) is 0 Å². The van der Waals surface area contributed by atoms with Crippen LogP contribution >= 0.6 is 11.8 Å². The summed E-state index contributed by atoms with van der Waals surface area (Å²) in [4.78, 5) is 14.6. The second-order valence-corrected chi connectivity index (χ2v) is 3.14. The van der Waals surface area contributed by atoms with E-state index in [-0.39, 0.29) is 5.78 Å². The van der Waals surface area contributed by atoms with Crippen molar-refractivity contribution in [1.82, 2.24) is 15.2 Å². The minimum atomic E-state index is 0.137. The van der Waals surface area contributed by atoms with Crippen molar-refractivity contribution in [1.29, 1.82) is 0 Å². The standard InChI is InChI=1S/C6H9N3OS/c1-4(10)3-11-6-7-5(2)8-9-6/h3H2,1-2H3,(H,7,8,9). The van der Waals surface area contributed by atoms with Crippen LogP contribution in [0.3, 0.4) is 0 Å². The fourth-order valence-electron chi connectivity index (χ4n) is 0.553. The lowest BCUT2D eigenvalue weighted by Crippen LogP contribution is -1.93. The Hall–Kier alpha value is -0.840. The minimum absolute atomic E-state index is 0.137. The zero-order valence-electron chi connectivity index (χ0n) is 6.42. The maximum absolute atomic E-state index is 10.5. The van der Waals surface area contributed by atoms with E-state index in [1.165, 1.54) is 11.8 Å². The Morgan fingerprint density at radius 1 is 1.73 bits per heavy atom. The van der Waals surface area contributed by atoms with Gasteiger partial charge >= 0.3 is 0 Å². The second kappa shape index (κ2) is 3.52. The summed E-state index contributed by atoms with van der Waals surface area (Å²) in [7, 11) is 0. The summed E-state index contributed by atoms with van der Waals surface area (Å²) in [6, 6.07) is 0. The maximum Gasteiger partial charge on any atom is 0.208 e. The number of ketones is 1. The van der Waals surface area contributed by atoms with E-state index in [0.717, 1.165) is 5.82 Å². The predicted octanol–water partition coefficient (Wildman–Crippen LogP) is 0.794. The van der Waals surface area contributed by atoms with Gasteiger partial charge in [-0.25, -0.2) is 4.98 Å². The monoisotopic (exact) mass is 171 g/mol. The molecule has 4 nitrogen and oxygen atoms in total. The highest BCUT2D eigenvalue weighted by Gasteiger charge is 2.01. The Morgan fingerprint density at radius 3 is 2.91 bits per heavy atom. The van der Waals surface area contributed by atoms with Crippen molar-refractivity contribution in [3.8, 4) is 0 Å². The molecule has 0 saturated heterocycles. The molecule has 0 spiro atoms. The van der Waals surface area contributed by atoms with Gasteiger partial charge < -0.3 is 0 Å². The first-order valence-electron chi connectivity index (χ1n) is 3.19. The number of carbonyl (C=O) groups excluding carboxylic acids is 1. The van der Waals surface area contributed by atoms with Crippen molar-refractivity contribution in [2.45, 2.75) is 19.0 Å². The summed E-state index contributed by atoms with van der Waals surface area (Å²) in [5, 5.41) is 7.20. The van der Waals surface area contributed by atoms with Crippen molar-refractivity contribution in [3.63, 3.8) is 0 Å². The summed E-state index contributed by atoms with van der Waals surface area (Å²) < 4.78 is 0. The van der Waals surface area contributed by atoms with E-state index < -0.39 is 0 Å². The van der Waals surface area contributed by atoms with Gasteiger partial charge in [0.05, 0.1) is 5.75 Å². The molecule has 60 valence electrons. The number of nitrogens with zero attached hydrogens (tertiary/aromatic N) is 2. The molecule has 0 aromatic carbocycles. The topological polar surface area (TPSA) is 58.6 Å². The maximum atomic E-state index is 10.5. The smallest absolute Gasteiger partial charge is 0.208 e. The molecule has 5 heteroatoms. The Bertz CT molecular complexity index is 258. The van der Waals surface area contributed by atoms with Crippen molar-refractivity contribution in [2.24, 2.45) is 0 Å². The molecule has 0 saturated carbocycles. The Kier molecular flexibility index (Phi) is 2.64. The number of Topliss-reactive ketones (excluding diaryl/α,β-unsaturated/α-hetero) is 1. The van der Waals surface area contributed by atoms with Crippen molar-refractivity contribution in [3.05, 3.63) is 5.82 Å². The molecule has 0 aliphatic heterocycles. The van der Waals surface area contributed by atoms with Crippen molar-refractivity contribution < 1.29 is 4.79 Å². The van der Waals surface area contributed by atoms with E-state index in [9.17, 15) is 4.79 Å². The zero-order valence-corrected chi connectivity index (χ0v) is 7.23. The van der Waals surface area contributed by atoms with Crippen LogP contribution < -0.4 is 0 Å². The predicted molar refractivity (Wildman–Crippen MR) is 42.5 cm³/mol. The molecule has 0 unspecified atom stereocenters. The van der Waals surface area contributed by atoms with Gasteiger partial charge in [0.2, 0.25) is 5.16 Å². The van der Waals surface area contributed by atoms with E-state index in [0.29, 0.717) is 10.9 Å². The number of nitrogens with one attached hydrogen (secondary N) is 1. The van der Waals surface area contributed by atoms with Gasteiger partial charge in [0, 0.05) is 0 Å². The number of aromatic nitrogens is 3. The SMILES string of the molecule is CC(=O)CSc1n[nH]c(C)n1. The van der Waals surface area contributed by atoms with E-state index in [1.54, 1.807) is 6.92 Å². The summed E-state index contributed by atoms with van der Waals surface area (Å²) in [6.45, 7) is 3.37. The van der Waals surface area contributed by atoms with Crippen LogP contribution in [0.4, 0.5) is 0 Å². The van der Waals surface area contributed by atoms with Crippen LogP contribution in [0, 0.1) is 6.92 Å². The Labute approximate surface area is 68.8 Å².